The number of amides is 1. The summed E-state index contributed by atoms with van der Waals surface area (Å²) < 4.78 is 24.8. The van der Waals surface area contributed by atoms with Crippen LogP contribution >= 0.6 is 0 Å². The second-order valence-electron chi connectivity index (χ2n) is 7.20. The van der Waals surface area contributed by atoms with E-state index in [1.54, 1.807) is 0 Å². The molecule has 2 aliphatic rings. The monoisotopic (exact) mass is 365 g/mol. The van der Waals surface area contributed by atoms with Crippen LogP contribution in [-0.2, 0) is 14.8 Å². The molecule has 0 saturated carbocycles. The largest absolute Gasteiger partial charge is 0.366 e. The third-order valence-corrected chi connectivity index (χ3v) is 6.51. The zero-order valence-corrected chi connectivity index (χ0v) is 16.0. The summed E-state index contributed by atoms with van der Waals surface area (Å²) in [7, 11) is -3.16. The van der Waals surface area contributed by atoms with Gasteiger partial charge in [-0.15, -0.1) is 0 Å². The van der Waals surface area contributed by atoms with Crippen molar-refractivity contribution in [3.63, 3.8) is 0 Å². The van der Waals surface area contributed by atoms with Gasteiger partial charge in [-0.05, 0) is 38.8 Å². The van der Waals surface area contributed by atoms with Crippen LogP contribution in [0.5, 0.6) is 0 Å². The first kappa shape index (κ1) is 18.2. The number of piperidine rings is 1. The number of carbonyl (C=O) groups is 1. The van der Waals surface area contributed by atoms with Crippen molar-refractivity contribution in [2.75, 3.05) is 42.2 Å². The molecule has 25 heavy (non-hydrogen) atoms. The Morgan fingerprint density at radius 3 is 2.20 bits per heavy atom. The summed E-state index contributed by atoms with van der Waals surface area (Å²) in [5.41, 5.74) is 2.07. The van der Waals surface area contributed by atoms with Crippen molar-refractivity contribution in [1.29, 1.82) is 0 Å². The number of fused-ring (bicyclic) bond motifs is 1. The summed E-state index contributed by atoms with van der Waals surface area (Å²) in [4.78, 5) is 17.3. The SMILES string of the molecule is CC(C)N1CCN(C(=O)C2CCN(S(C)(=O)=O)CC2)c2ccccc21. The van der Waals surface area contributed by atoms with Crippen LogP contribution in [0.15, 0.2) is 24.3 Å². The Hall–Kier alpha value is -1.60. The summed E-state index contributed by atoms with van der Waals surface area (Å²) in [6.45, 7) is 6.69. The van der Waals surface area contributed by atoms with Crippen LogP contribution in [-0.4, -0.2) is 57.1 Å². The van der Waals surface area contributed by atoms with Gasteiger partial charge < -0.3 is 9.80 Å². The maximum atomic E-state index is 13.1. The average molecular weight is 365 g/mol. The third-order valence-electron chi connectivity index (χ3n) is 5.21. The van der Waals surface area contributed by atoms with Gasteiger partial charge in [-0.3, -0.25) is 4.79 Å². The first-order valence-corrected chi connectivity index (χ1v) is 10.8. The Bertz CT molecular complexity index is 740. The average Bonchev–Trinajstić information content (AvgIpc) is 2.59. The molecule has 0 radical (unpaired) electrons. The molecule has 1 aromatic carbocycles. The number of hydrogen-bond donors (Lipinski definition) is 0. The van der Waals surface area contributed by atoms with Crippen LogP contribution in [0.25, 0.3) is 0 Å². The normalized spacial score (nSPS) is 20.0. The molecule has 0 bridgehead atoms. The summed E-state index contributed by atoms with van der Waals surface area (Å²) in [6.07, 6.45) is 2.42. The van der Waals surface area contributed by atoms with E-state index in [0.717, 1.165) is 17.9 Å². The van der Waals surface area contributed by atoms with Gasteiger partial charge in [-0.2, -0.15) is 0 Å². The minimum absolute atomic E-state index is 0.100. The third kappa shape index (κ3) is 3.67. The fraction of sp³-hybridized carbons (Fsp3) is 0.611. The lowest BCUT2D eigenvalue weighted by molar-refractivity contribution is -0.123. The Morgan fingerprint density at radius 1 is 1.04 bits per heavy atom. The number of para-hydroxylation sites is 2. The van der Waals surface area contributed by atoms with E-state index in [0.29, 0.717) is 38.5 Å². The Balaban J connectivity index is 1.76. The molecule has 0 spiro atoms. The van der Waals surface area contributed by atoms with E-state index in [1.807, 2.05) is 23.1 Å². The highest BCUT2D eigenvalue weighted by Crippen LogP contribution is 2.35. The van der Waals surface area contributed by atoms with E-state index in [4.69, 9.17) is 0 Å². The molecule has 138 valence electrons. The molecule has 0 aliphatic carbocycles. The molecule has 3 rings (SSSR count). The standard InChI is InChI=1S/C18H27N3O3S/c1-14(2)20-12-13-21(17-7-5-4-6-16(17)20)18(22)15-8-10-19(11-9-15)25(3,23)24/h4-7,14-15H,8-13H2,1-3H3. The van der Waals surface area contributed by atoms with Crippen molar-refractivity contribution in [2.24, 2.45) is 5.92 Å². The quantitative estimate of drug-likeness (QED) is 0.821. The van der Waals surface area contributed by atoms with Crippen molar-refractivity contribution < 1.29 is 13.2 Å². The Labute approximate surface area is 150 Å². The van der Waals surface area contributed by atoms with Crippen LogP contribution in [0, 0.1) is 5.92 Å². The number of nitrogens with zero attached hydrogens (tertiary/aromatic N) is 3. The van der Waals surface area contributed by atoms with Gasteiger partial charge in [0.2, 0.25) is 15.9 Å². The second kappa shape index (κ2) is 6.96. The van der Waals surface area contributed by atoms with Gasteiger partial charge in [-0.25, -0.2) is 12.7 Å². The fourth-order valence-electron chi connectivity index (χ4n) is 3.80. The molecule has 2 heterocycles. The van der Waals surface area contributed by atoms with E-state index in [2.05, 4.69) is 24.8 Å². The van der Waals surface area contributed by atoms with Crippen molar-refractivity contribution >= 4 is 27.3 Å². The first-order valence-electron chi connectivity index (χ1n) is 8.91. The van der Waals surface area contributed by atoms with Crippen LogP contribution in [0.1, 0.15) is 26.7 Å². The minimum atomic E-state index is -3.16. The van der Waals surface area contributed by atoms with Gasteiger partial charge in [0.25, 0.3) is 0 Å². The minimum Gasteiger partial charge on any atom is -0.366 e. The molecule has 7 heteroatoms. The van der Waals surface area contributed by atoms with Gasteiger partial charge >= 0.3 is 0 Å². The molecular formula is C18H27N3O3S. The summed E-state index contributed by atoms with van der Waals surface area (Å²) in [5, 5.41) is 0. The number of anilines is 2. The summed E-state index contributed by atoms with van der Waals surface area (Å²) in [6, 6.07) is 8.44. The highest BCUT2D eigenvalue weighted by Gasteiger charge is 2.34. The number of sulfonamides is 1. The summed E-state index contributed by atoms with van der Waals surface area (Å²) in [5.74, 6) is 0.0284. The molecule has 0 unspecified atom stereocenters. The van der Waals surface area contributed by atoms with Gasteiger partial charge in [0, 0.05) is 38.1 Å². The number of hydrogen-bond acceptors (Lipinski definition) is 4. The fourth-order valence-corrected chi connectivity index (χ4v) is 4.68. The number of benzene rings is 1. The zero-order chi connectivity index (χ0) is 18.2. The van der Waals surface area contributed by atoms with Crippen molar-refractivity contribution in [1.82, 2.24) is 4.31 Å². The number of carbonyl (C=O) groups excluding carboxylic acids is 1. The van der Waals surface area contributed by atoms with Crippen LogP contribution < -0.4 is 9.80 Å². The zero-order valence-electron chi connectivity index (χ0n) is 15.2. The summed E-state index contributed by atoms with van der Waals surface area (Å²) >= 11 is 0. The highest BCUT2D eigenvalue weighted by molar-refractivity contribution is 7.88. The highest BCUT2D eigenvalue weighted by atomic mass is 32.2. The molecule has 1 fully saturated rings. The first-order chi connectivity index (χ1) is 11.8. The molecular weight excluding hydrogens is 338 g/mol. The molecule has 1 amide bonds. The number of rotatable bonds is 3. The molecule has 0 N–H and O–H groups in total. The Morgan fingerprint density at radius 2 is 1.64 bits per heavy atom. The molecule has 1 aromatic rings. The Kier molecular flexibility index (Phi) is 5.06. The molecule has 0 atom stereocenters. The lowest BCUT2D eigenvalue weighted by atomic mass is 9.95. The van der Waals surface area contributed by atoms with E-state index in [1.165, 1.54) is 10.6 Å². The topological polar surface area (TPSA) is 60.9 Å². The lowest BCUT2D eigenvalue weighted by Crippen LogP contribution is -2.50. The maximum absolute atomic E-state index is 13.1. The van der Waals surface area contributed by atoms with E-state index < -0.39 is 10.0 Å². The van der Waals surface area contributed by atoms with Crippen molar-refractivity contribution in [3.05, 3.63) is 24.3 Å². The lowest BCUT2D eigenvalue weighted by Gasteiger charge is -2.41. The van der Waals surface area contributed by atoms with Crippen molar-refractivity contribution in [3.8, 4) is 0 Å². The van der Waals surface area contributed by atoms with Gasteiger partial charge in [0.05, 0.1) is 17.6 Å². The van der Waals surface area contributed by atoms with Gasteiger partial charge in [-0.1, -0.05) is 12.1 Å². The van der Waals surface area contributed by atoms with Crippen LogP contribution in [0.4, 0.5) is 11.4 Å². The van der Waals surface area contributed by atoms with E-state index in [9.17, 15) is 13.2 Å². The van der Waals surface area contributed by atoms with E-state index >= 15 is 0 Å². The van der Waals surface area contributed by atoms with E-state index in [-0.39, 0.29) is 11.8 Å². The van der Waals surface area contributed by atoms with Crippen molar-refractivity contribution in [2.45, 2.75) is 32.7 Å². The maximum Gasteiger partial charge on any atom is 0.230 e. The predicted molar refractivity (Wildman–Crippen MR) is 100 cm³/mol. The second-order valence-corrected chi connectivity index (χ2v) is 9.18. The predicted octanol–water partition coefficient (Wildman–Crippen LogP) is 1.92. The molecule has 6 nitrogen and oxygen atoms in total. The van der Waals surface area contributed by atoms with Gasteiger partial charge in [0.1, 0.15) is 0 Å². The van der Waals surface area contributed by atoms with Crippen LogP contribution in [0.3, 0.4) is 0 Å². The molecule has 2 aliphatic heterocycles. The molecule has 0 aromatic heterocycles. The smallest absolute Gasteiger partial charge is 0.230 e. The van der Waals surface area contributed by atoms with Gasteiger partial charge in [0.15, 0.2) is 0 Å². The van der Waals surface area contributed by atoms with Crippen LogP contribution in [0.2, 0.25) is 0 Å². The molecule has 1 saturated heterocycles.